The van der Waals surface area contributed by atoms with Gasteiger partial charge in [0.25, 0.3) is 0 Å². The summed E-state index contributed by atoms with van der Waals surface area (Å²) < 4.78 is 0. The zero-order valence-electron chi connectivity index (χ0n) is 6.81. The summed E-state index contributed by atoms with van der Waals surface area (Å²) in [5.41, 5.74) is 7.79. The van der Waals surface area contributed by atoms with Crippen LogP contribution in [0.2, 0.25) is 0 Å². The van der Waals surface area contributed by atoms with Gasteiger partial charge in [0.05, 0.1) is 0 Å². The first kappa shape index (κ1) is 8.95. The van der Waals surface area contributed by atoms with Gasteiger partial charge in [0.2, 0.25) is 0 Å². The fourth-order valence-electron chi connectivity index (χ4n) is 0.653. The van der Waals surface area contributed by atoms with Gasteiger partial charge in [-0.15, -0.1) is 0 Å². The van der Waals surface area contributed by atoms with Crippen molar-refractivity contribution in [3.63, 3.8) is 0 Å². The van der Waals surface area contributed by atoms with Gasteiger partial charge in [-0.05, 0) is 26.8 Å². The molecular formula is C8H14N2. The Morgan fingerprint density at radius 2 is 1.90 bits per heavy atom. The van der Waals surface area contributed by atoms with E-state index in [-0.39, 0.29) is 0 Å². The van der Waals surface area contributed by atoms with E-state index in [1.807, 2.05) is 20.8 Å². The van der Waals surface area contributed by atoms with E-state index in [9.17, 15) is 0 Å². The topological polar surface area (TPSA) is 38.4 Å². The molecule has 0 aliphatic rings. The van der Waals surface area contributed by atoms with Crippen LogP contribution in [0.25, 0.3) is 0 Å². The van der Waals surface area contributed by atoms with Crippen LogP contribution in [0, 0.1) is 0 Å². The molecule has 56 valence electrons. The van der Waals surface area contributed by atoms with Gasteiger partial charge >= 0.3 is 0 Å². The molecule has 0 amide bonds. The summed E-state index contributed by atoms with van der Waals surface area (Å²) in [5.74, 6) is 0. The van der Waals surface area contributed by atoms with E-state index in [4.69, 9.17) is 5.73 Å². The van der Waals surface area contributed by atoms with E-state index >= 15 is 0 Å². The number of nitrogens with two attached hydrogens (primary N) is 1. The SMILES string of the molecule is C=C(N)/C=C(/C)N=C(C)C. The molecule has 0 aromatic carbocycles. The molecule has 10 heavy (non-hydrogen) atoms. The maximum atomic E-state index is 5.33. The second-order valence-electron chi connectivity index (χ2n) is 2.42. The molecule has 0 unspecified atom stereocenters. The maximum Gasteiger partial charge on any atom is 0.0392 e. The fourth-order valence-corrected chi connectivity index (χ4v) is 0.653. The minimum absolute atomic E-state index is 0.544. The molecular weight excluding hydrogens is 124 g/mol. The lowest BCUT2D eigenvalue weighted by Gasteiger charge is -1.93. The summed E-state index contributed by atoms with van der Waals surface area (Å²) >= 11 is 0. The third kappa shape index (κ3) is 5.09. The fraction of sp³-hybridized carbons (Fsp3) is 0.375. The van der Waals surface area contributed by atoms with E-state index in [2.05, 4.69) is 11.6 Å². The minimum Gasteiger partial charge on any atom is -0.399 e. The van der Waals surface area contributed by atoms with Gasteiger partial charge in [-0.1, -0.05) is 6.58 Å². The van der Waals surface area contributed by atoms with Crippen LogP contribution in [0.1, 0.15) is 20.8 Å². The monoisotopic (exact) mass is 138 g/mol. The van der Waals surface area contributed by atoms with Gasteiger partial charge in [-0.3, -0.25) is 4.99 Å². The lowest BCUT2D eigenvalue weighted by Crippen LogP contribution is -1.90. The normalized spacial score (nSPS) is 10.9. The van der Waals surface area contributed by atoms with Crippen LogP contribution in [0.4, 0.5) is 0 Å². The predicted octanol–water partition coefficient (Wildman–Crippen LogP) is 1.84. The number of aliphatic imine (C=N–C) groups is 1. The molecule has 0 spiro atoms. The molecule has 2 N–H and O–H groups in total. The molecule has 0 atom stereocenters. The molecule has 0 aromatic heterocycles. The Morgan fingerprint density at radius 3 is 2.20 bits per heavy atom. The van der Waals surface area contributed by atoms with Crippen LogP contribution in [-0.4, -0.2) is 5.71 Å². The standard InChI is InChI=1S/C8H14N2/c1-6(2)10-8(4)5-7(3)9/h5H,3,9H2,1-2,4H3/b8-5-. The molecule has 2 nitrogen and oxygen atoms in total. The molecule has 0 aliphatic heterocycles. The van der Waals surface area contributed by atoms with Crippen molar-refractivity contribution in [1.82, 2.24) is 0 Å². The highest BCUT2D eigenvalue weighted by molar-refractivity contribution is 5.80. The zero-order chi connectivity index (χ0) is 8.15. The van der Waals surface area contributed by atoms with Crippen molar-refractivity contribution >= 4 is 5.71 Å². The second-order valence-corrected chi connectivity index (χ2v) is 2.42. The molecule has 0 fully saturated rings. The second kappa shape index (κ2) is 3.88. The summed E-state index contributed by atoms with van der Waals surface area (Å²) in [4.78, 5) is 4.15. The van der Waals surface area contributed by atoms with Crippen molar-refractivity contribution in [3.8, 4) is 0 Å². The lowest BCUT2D eigenvalue weighted by molar-refractivity contribution is 1.26. The Bertz CT molecular complexity index is 183. The molecule has 0 saturated carbocycles. The first-order valence-electron chi connectivity index (χ1n) is 3.17. The number of hydrogen-bond donors (Lipinski definition) is 1. The van der Waals surface area contributed by atoms with Crippen molar-refractivity contribution in [2.75, 3.05) is 0 Å². The molecule has 0 rings (SSSR count). The highest BCUT2D eigenvalue weighted by Crippen LogP contribution is 1.97. The van der Waals surface area contributed by atoms with Gasteiger partial charge in [0.1, 0.15) is 0 Å². The van der Waals surface area contributed by atoms with E-state index in [1.54, 1.807) is 6.08 Å². The molecule has 0 saturated heterocycles. The number of rotatable bonds is 2. The highest BCUT2D eigenvalue weighted by atomic mass is 14.7. The van der Waals surface area contributed by atoms with Gasteiger partial charge in [-0.2, -0.15) is 0 Å². The van der Waals surface area contributed by atoms with Crippen LogP contribution in [0.5, 0.6) is 0 Å². The first-order chi connectivity index (χ1) is 4.52. The molecule has 0 heterocycles. The quantitative estimate of drug-likeness (QED) is 0.459. The smallest absolute Gasteiger partial charge is 0.0392 e. The summed E-state index contributed by atoms with van der Waals surface area (Å²) in [7, 11) is 0. The van der Waals surface area contributed by atoms with Crippen molar-refractivity contribution < 1.29 is 0 Å². The maximum absolute atomic E-state index is 5.33. The van der Waals surface area contributed by atoms with Crippen LogP contribution < -0.4 is 5.73 Å². The Morgan fingerprint density at radius 1 is 1.40 bits per heavy atom. The molecule has 0 bridgehead atoms. The molecule has 0 aromatic rings. The van der Waals surface area contributed by atoms with Crippen LogP contribution in [0.3, 0.4) is 0 Å². The first-order valence-corrected chi connectivity index (χ1v) is 3.17. The van der Waals surface area contributed by atoms with Crippen LogP contribution in [0.15, 0.2) is 29.0 Å². The number of nitrogens with zero attached hydrogens (tertiary/aromatic N) is 1. The van der Waals surface area contributed by atoms with Crippen molar-refractivity contribution in [2.45, 2.75) is 20.8 Å². The Labute approximate surface area is 62.1 Å². The lowest BCUT2D eigenvalue weighted by atomic mass is 10.3. The van der Waals surface area contributed by atoms with E-state index in [1.165, 1.54) is 0 Å². The van der Waals surface area contributed by atoms with Gasteiger partial charge in [-0.25, -0.2) is 0 Å². The van der Waals surface area contributed by atoms with Gasteiger partial charge in [0, 0.05) is 17.1 Å². The third-order valence-electron chi connectivity index (χ3n) is 0.794. The predicted molar refractivity (Wildman–Crippen MR) is 45.9 cm³/mol. The van der Waals surface area contributed by atoms with Crippen molar-refractivity contribution in [2.24, 2.45) is 10.7 Å². The van der Waals surface area contributed by atoms with E-state index in [0.717, 1.165) is 11.4 Å². The Kier molecular flexibility index (Phi) is 3.47. The summed E-state index contributed by atoms with van der Waals surface area (Å²) in [6.07, 6.45) is 1.74. The van der Waals surface area contributed by atoms with E-state index in [0.29, 0.717) is 5.70 Å². The minimum atomic E-state index is 0.544. The van der Waals surface area contributed by atoms with Crippen LogP contribution in [-0.2, 0) is 0 Å². The average Bonchev–Trinajstić information content (AvgIpc) is 1.58. The number of allylic oxidation sites excluding steroid dienone is 2. The van der Waals surface area contributed by atoms with Gasteiger partial charge in [0.15, 0.2) is 0 Å². The average molecular weight is 138 g/mol. The largest absolute Gasteiger partial charge is 0.399 e. The summed E-state index contributed by atoms with van der Waals surface area (Å²) in [5, 5.41) is 0. The Hall–Kier alpha value is -1.05. The molecule has 0 aliphatic carbocycles. The van der Waals surface area contributed by atoms with Crippen molar-refractivity contribution in [3.05, 3.63) is 24.0 Å². The third-order valence-corrected chi connectivity index (χ3v) is 0.794. The van der Waals surface area contributed by atoms with Crippen LogP contribution >= 0.6 is 0 Å². The number of hydrogen-bond acceptors (Lipinski definition) is 2. The Balaban J connectivity index is 4.22. The van der Waals surface area contributed by atoms with E-state index < -0.39 is 0 Å². The molecule has 2 heteroatoms. The van der Waals surface area contributed by atoms with Gasteiger partial charge < -0.3 is 5.73 Å². The van der Waals surface area contributed by atoms with Crippen molar-refractivity contribution in [1.29, 1.82) is 0 Å². The zero-order valence-corrected chi connectivity index (χ0v) is 6.81. The summed E-state index contributed by atoms with van der Waals surface area (Å²) in [6, 6.07) is 0. The summed E-state index contributed by atoms with van der Waals surface area (Å²) in [6.45, 7) is 9.31. The molecule has 0 radical (unpaired) electrons. The highest BCUT2D eigenvalue weighted by Gasteiger charge is 1.83.